The number of nitrogens with zero attached hydrogens (tertiary/aromatic N) is 1. The Kier molecular flexibility index (Phi) is 2.97. The molecular weight excluding hydrogens is 195 g/mol. The summed E-state index contributed by atoms with van der Waals surface area (Å²) in [6, 6.07) is 3.08. The van der Waals surface area contributed by atoms with Crippen LogP contribution in [0.4, 0.5) is 4.39 Å². The molecule has 0 spiro atoms. The molecule has 80 valence electrons. The lowest BCUT2D eigenvalue weighted by molar-refractivity contribution is 0.368. The topological polar surface area (TPSA) is 34.1 Å². The number of hydrogen-bond donors (Lipinski definition) is 1. The van der Waals surface area contributed by atoms with E-state index in [9.17, 15) is 4.39 Å². The summed E-state index contributed by atoms with van der Waals surface area (Å²) in [6.45, 7) is 1.78. The van der Waals surface area contributed by atoms with Gasteiger partial charge in [-0.05, 0) is 30.7 Å². The monoisotopic (exact) mass is 208 g/mol. The van der Waals surface area contributed by atoms with E-state index in [2.05, 4.69) is 16.4 Å². The lowest BCUT2D eigenvalue weighted by atomic mass is 10.1. The molecule has 0 bridgehead atoms. The molecule has 2 rings (SSSR count). The first-order valence-corrected chi connectivity index (χ1v) is 4.92. The van der Waals surface area contributed by atoms with Crippen molar-refractivity contribution in [2.45, 2.75) is 6.42 Å². The molecule has 1 aliphatic heterocycles. The van der Waals surface area contributed by atoms with Crippen molar-refractivity contribution in [2.75, 3.05) is 20.2 Å². The maximum absolute atomic E-state index is 13.1. The van der Waals surface area contributed by atoms with Crippen LogP contribution in [-0.2, 0) is 0 Å². The van der Waals surface area contributed by atoms with E-state index in [1.807, 2.05) is 0 Å². The van der Waals surface area contributed by atoms with Gasteiger partial charge in [-0.25, -0.2) is 9.37 Å². The van der Waals surface area contributed by atoms with Crippen LogP contribution in [0.2, 0.25) is 0 Å². The lowest BCUT2D eigenvalue weighted by Crippen LogP contribution is -2.20. The van der Waals surface area contributed by atoms with Crippen LogP contribution in [0, 0.1) is 5.82 Å². The Hall–Kier alpha value is -1.42. The summed E-state index contributed by atoms with van der Waals surface area (Å²) >= 11 is 0. The number of aromatic nitrogens is 1. The molecule has 3 nitrogen and oxygen atoms in total. The summed E-state index contributed by atoms with van der Waals surface area (Å²) in [5.41, 5.74) is 1.95. The highest BCUT2D eigenvalue weighted by Gasteiger charge is 2.10. The summed E-state index contributed by atoms with van der Waals surface area (Å²) in [5.74, 6) is -0.359. The number of hydrogen-bond acceptors (Lipinski definition) is 3. The standard InChI is InChI=1S/C11H13FN2O/c1-15-11-9(12)2-3-10(14-11)8-4-6-13-7-5-8/h2-4,13H,5-7H2,1H3. The van der Waals surface area contributed by atoms with E-state index in [0.29, 0.717) is 0 Å². The molecule has 0 aliphatic carbocycles. The number of methoxy groups -OCH3 is 1. The second-order valence-corrected chi connectivity index (χ2v) is 3.37. The van der Waals surface area contributed by atoms with Crippen molar-refractivity contribution in [3.8, 4) is 5.88 Å². The number of halogens is 1. The summed E-state index contributed by atoms with van der Waals surface area (Å²) in [6.07, 6.45) is 2.99. The second-order valence-electron chi connectivity index (χ2n) is 3.37. The Balaban J connectivity index is 2.32. The minimum atomic E-state index is -0.421. The molecule has 1 aliphatic rings. The number of pyridine rings is 1. The zero-order valence-corrected chi connectivity index (χ0v) is 8.59. The van der Waals surface area contributed by atoms with Gasteiger partial charge in [0.05, 0.1) is 12.8 Å². The van der Waals surface area contributed by atoms with Gasteiger partial charge < -0.3 is 10.1 Å². The Labute approximate surface area is 88.0 Å². The van der Waals surface area contributed by atoms with Crippen molar-refractivity contribution in [3.63, 3.8) is 0 Å². The van der Waals surface area contributed by atoms with Gasteiger partial charge in [0.15, 0.2) is 5.82 Å². The number of rotatable bonds is 2. The molecule has 1 aromatic heterocycles. The molecule has 0 fully saturated rings. The fourth-order valence-corrected chi connectivity index (χ4v) is 1.60. The zero-order chi connectivity index (χ0) is 10.7. The number of nitrogens with one attached hydrogen (secondary N) is 1. The quantitative estimate of drug-likeness (QED) is 0.801. The first-order chi connectivity index (χ1) is 7.31. The van der Waals surface area contributed by atoms with Crippen molar-refractivity contribution in [1.29, 1.82) is 0 Å². The average molecular weight is 208 g/mol. The first kappa shape index (κ1) is 10.1. The third kappa shape index (κ3) is 2.15. The van der Waals surface area contributed by atoms with Crippen molar-refractivity contribution < 1.29 is 9.13 Å². The fraction of sp³-hybridized carbons (Fsp3) is 0.364. The molecule has 0 radical (unpaired) electrons. The highest BCUT2D eigenvalue weighted by molar-refractivity contribution is 5.64. The Morgan fingerprint density at radius 3 is 3.00 bits per heavy atom. The highest BCUT2D eigenvalue weighted by Crippen LogP contribution is 2.21. The first-order valence-electron chi connectivity index (χ1n) is 4.92. The van der Waals surface area contributed by atoms with E-state index >= 15 is 0 Å². The van der Waals surface area contributed by atoms with Crippen molar-refractivity contribution in [2.24, 2.45) is 0 Å². The molecule has 2 heterocycles. The van der Waals surface area contributed by atoms with Crippen LogP contribution in [0.5, 0.6) is 5.88 Å². The maximum Gasteiger partial charge on any atom is 0.250 e. The summed E-state index contributed by atoms with van der Waals surface area (Å²) < 4.78 is 18.0. The van der Waals surface area contributed by atoms with Crippen molar-refractivity contribution in [3.05, 3.63) is 29.7 Å². The van der Waals surface area contributed by atoms with Crippen LogP contribution < -0.4 is 10.1 Å². The van der Waals surface area contributed by atoms with Crippen molar-refractivity contribution in [1.82, 2.24) is 10.3 Å². The third-order valence-electron chi connectivity index (χ3n) is 2.40. The summed E-state index contributed by atoms with van der Waals surface area (Å²) in [5, 5.41) is 3.21. The van der Waals surface area contributed by atoms with Gasteiger partial charge in [0.1, 0.15) is 0 Å². The third-order valence-corrected chi connectivity index (χ3v) is 2.40. The fourth-order valence-electron chi connectivity index (χ4n) is 1.60. The SMILES string of the molecule is COc1nc(C2=CCNCC2)ccc1F. The molecule has 0 saturated carbocycles. The minimum absolute atomic E-state index is 0.0620. The molecule has 0 atom stereocenters. The maximum atomic E-state index is 13.1. The molecule has 1 aromatic rings. The summed E-state index contributed by atoms with van der Waals surface area (Å²) in [7, 11) is 1.42. The lowest BCUT2D eigenvalue weighted by Gasteiger charge is -2.13. The average Bonchev–Trinajstić information content (AvgIpc) is 2.31. The van der Waals surface area contributed by atoms with Gasteiger partial charge in [-0.15, -0.1) is 0 Å². The van der Waals surface area contributed by atoms with Crippen LogP contribution in [0.1, 0.15) is 12.1 Å². The zero-order valence-electron chi connectivity index (χ0n) is 8.59. The molecule has 15 heavy (non-hydrogen) atoms. The Bertz CT molecular complexity index is 390. The molecule has 0 unspecified atom stereocenters. The second kappa shape index (κ2) is 4.40. The van der Waals surface area contributed by atoms with E-state index < -0.39 is 5.82 Å². The van der Waals surface area contributed by atoms with Gasteiger partial charge >= 0.3 is 0 Å². The predicted octanol–water partition coefficient (Wildman–Crippen LogP) is 1.61. The van der Waals surface area contributed by atoms with Crippen LogP contribution in [0.3, 0.4) is 0 Å². The van der Waals surface area contributed by atoms with Gasteiger partial charge in [0.25, 0.3) is 5.88 Å². The molecule has 4 heteroatoms. The van der Waals surface area contributed by atoms with Gasteiger partial charge in [-0.2, -0.15) is 0 Å². The van der Waals surface area contributed by atoms with Crippen molar-refractivity contribution >= 4 is 5.57 Å². The molecule has 0 aromatic carbocycles. The van der Waals surface area contributed by atoms with E-state index in [0.717, 1.165) is 30.8 Å². The van der Waals surface area contributed by atoms with E-state index in [1.165, 1.54) is 13.2 Å². The Morgan fingerprint density at radius 1 is 1.47 bits per heavy atom. The van der Waals surface area contributed by atoms with Gasteiger partial charge in [-0.1, -0.05) is 6.08 Å². The van der Waals surface area contributed by atoms with E-state index in [4.69, 9.17) is 4.74 Å². The van der Waals surface area contributed by atoms with Gasteiger partial charge in [0, 0.05) is 6.54 Å². The highest BCUT2D eigenvalue weighted by atomic mass is 19.1. The molecule has 1 N–H and O–H groups in total. The van der Waals surface area contributed by atoms with Crippen LogP contribution in [0.25, 0.3) is 5.57 Å². The predicted molar refractivity (Wildman–Crippen MR) is 56.2 cm³/mol. The molecule has 0 amide bonds. The minimum Gasteiger partial charge on any atom is -0.479 e. The molecular formula is C11H13FN2O. The smallest absolute Gasteiger partial charge is 0.250 e. The largest absolute Gasteiger partial charge is 0.479 e. The van der Waals surface area contributed by atoms with Crippen LogP contribution in [-0.4, -0.2) is 25.2 Å². The van der Waals surface area contributed by atoms with Crippen LogP contribution in [0.15, 0.2) is 18.2 Å². The van der Waals surface area contributed by atoms with Gasteiger partial charge in [-0.3, -0.25) is 0 Å². The van der Waals surface area contributed by atoms with E-state index in [1.54, 1.807) is 6.07 Å². The molecule has 0 saturated heterocycles. The normalized spacial score (nSPS) is 16.0. The van der Waals surface area contributed by atoms with Crippen LogP contribution >= 0.6 is 0 Å². The number of ether oxygens (including phenoxy) is 1. The Morgan fingerprint density at radius 2 is 2.33 bits per heavy atom. The summed E-state index contributed by atoms with van der Waals surface area (Å²) in [4.78, 5) is 4.12. The van der Waals surface area contributed by atoms with E-state index in [-0.39, 0.29) is 5.88 Å². The van der Waals surface area contributed by atoms with Gasteiger partial charge in [0.2, 0.25) is 0 Å².